The second kappa shape index (κ2) is 8.20. The number of rotatable bonds is 6. The van der Waals surface area contributed by atoms with E-state index in [1.807, 2.05) is 43.4 Å². The average molecular weight is 402 g/mol. The van der Waals surface area contributed by atoms with Gasteiger partial charge in [-0.05, 0) is 35.9 Å². The number of nitrogens with one attached hydrogen (secondary N) is 1. The van der Waals surface area contributed by atoms with Crippen LogP contribution in [0.5, 0.6) is 5.75 Å². The second-order valence-electron chi connectivity index (χ2n) is 6.87. The molecule has 0 aliphatic heterocycles. The number of benzene rings is 1. The Labute approximate surface area is 174 Å². The van der Waals surface area contributed by atoms with E-state index in [-0.39, 0.29) is 5.91 Å². The van der Waals surface area contributed by atoms with Gasteiger partial charge in [-0.1, -0.05) is 12.1 Å². The van der Waals surface area contributed by atoms with Crippen LogP contribution in [-0.2, 0) is 20.6 Å². The van der Waals surface area contributed by atoms with Gasteiger partial charge in [0.15, 0.2) is 0 Å². The molecule has 0 fully saturated rings. The molecule has 4 rings (SSSR count). The molecular weight excluding hydrogens is 380 g/mol. The molecule has 0 aliphatic carbocycles. The molecule has 0 saturated carbocycles. The van der Waals surface area contributed by atoms with Crippen molar-refractivity contribution in [3.05, 3.63) is 72.3 Å². The van der Waals surface area contributed by atoms with E-state index in [4.69, 9.17) is 4.74 Å². The summed E-state index contributed by atoms with van der Waals surface area (Å²) in [6.45, 7) is 0.358. The van der Waals surface area contributed by atoms with E-state index in [1.165, 1.54) is 0 Å². The molecular formula is C22H22N6O2. The number of carbonyl (C=O) groups excluding carboxylic acids is 1. The molecule has 8 heteroatoms. The lowest BCUT2D eigenvalue weighted by Crippen LogP contribution is -2.25. The van der Waals surface area contributed by atoms with Crippen molar-refractivity contribution in [3.8, 4) is 28.3 Å². The second-order valence-corrected chi connectivity index (χ2v) is 6.87. The summed E-state index contributed by atoms with van der Waals surface area (Å²) >= 11 is 0. The number of amides is 1. The molecule has 152 valence electrons. The van der Waals surface area contributed by atoms with Crippen LogP contribution >= 0.6 is 0 Å². The van der Waals surface area contributed by atoms with Gasteiger partial charge in [0, 0.05) is 50.4 Å². The van der Waals surface area contributed by atoms with Crippen LogP contribution < -0.4 is 10.1 Å². The molecule has 0 saturated heterocycles. The fourth-order valence-electron chi connectivity index (χ4n) is 3.26. The van der Waals surface area contributed by atoms with E-state index in [1.54, 1.807) is 48.2 Å². The molecule has 3 aromatic heterocycles. The Morgan fingerprint density at radius 3 is 2.70 bits per heavy atom. The van der Waals surface area contributed by atoms with Gasteiger partial charge in [-0.2, -0.15) is 10.2 Å². The number of hydrogen-bond acceptors (Lipinski definition) is 5. The highest BCUT2D eigenvalue weighted by Crippen LogP contribution is 2.23. The lowest BCUT2D eigenvalue weighted by atomic mass is 10.1. The minimum Gasteiger partial charge on any atom is -0.497 e. The fraction of sp³-hybridized carbons (Fsp3) is 0.182. The first-order valence-electron chi connectivity index (χ1n) is 9.44. The molecule has 3 heterocycles. The highest BCUT2D eigenvalue weighted by atomic mass is 16.5. The lowest BCUT2D eigenvalue weighted by molar-refractivity contribution is 0.0941. The minimum atomic E-state index is -0.204. The first-order valence-corrected chi connectivity index (χ1v) is 9.44. The van der Waals surface area contributed by atoms with Crippen LogP contribution in [0.15, 0.2) is 61.1 Å². The third-order valence-electron chi connectivity index (χ3n) is 4.84. The number of aryl methyl sites for hydroxylation is 2. The summed E-state index contributed by atoms with van der Waals surface area (Å²) in [5.74, 6) is 0.537. The van der Waals surface area contributed by atoms with Crippen molar-refractivity contribution >= 4 is 5.91 Å². The summed E-state index contributed by atoms with van der Waals surface area (Å²) in [5, 5.41) is 11.6. The Balaban J connectivity index is 1.49. The first kappa shape index (κ1) is 19.4. The summed E-state index contributed by atoms with van der Waals surface area (Å²) < 4.78 is 8.63. The van der Waals surface area contributed by atoms with E-state index in [9.17, 15) is 4.79 Å². The predicted molar refractivity (Wildman–Crippen MR) is 113 cm³/mol. The van der Waals surface area contributed by atoms with Gasteiger partial charge in [0.1, 0.15) is 11.4 Å². The number of methoxy groups -OCH3 is 1. The Morgan fingerprint density at radius 2 is 1.93 bits per heavy atom. The van der Waals surface area contributed by atoms with E-state index in [2.05, 4.69) is 20.5 Å². The molecule has 1 aromatic carbocycles. The van der Waals surface area contributed by atoms with E-state index < -0.39 is 0 Å². The van der Waals surface area contributed by atoms with E-state index >= 15 is 0 Å². The van der Waals surface area contributed by atoms with Crippen LogP contribution in [0.2, 0.25) is 0 Å². The number of aromatic nitrogens is 5. The van der Waals surface area contributed by atoms with Crippen molar-refractivity contribution in [1.82, 2.24) is 29.9 Å². The van der Waals surface area contributed by atoms with Crippen LogP contribution in [-0.4, -0.2) is 37.6 Å². The standard InChI is InChI=1S/C22H22N6O2/c1-27-20(7-8-25-27)17-9-15(12-23-14-17)13-24-22(29)21-11-19(26-28(21)2)16-5-4-6-18(10-16)30-3/h4-12,14H,13H2,1-3H3,(H,24,29). The van der Waals surface area contributed by atoms with Crippen molar-refractivity contribution in [2.24, 2.45) is 14.1 Å². The van der Waals surface area contributed by atoms with Gasteiger partial charge in [0.25, 0.3) is 5.91 Å². The summed E-state index contributed by atoms with van der Waals surface area (Å²) in [6.07, 6.45) is 5.26. The largest absolute Gasteiger partial charge is 0.497 e. The Morgan fingerprint density at radius 1 is 1.07 bits per heavy atom. The SMILES string of the molecule is COc1cccc(-c2cc(C(=O)NCc3cncc(-c4ccnn4C)c3)n(C)n2)c1. The zero-order valence-corrected chi connectivity index (χ0v) is 17.0. The Kier molecular flexibility index (Phi) is 5.30. The number of pyridine rings is 1. The molecule has 1 amide bonds. The highest BCUT2D eigenvalue weighted by Gasteiger charge is 2.15. The van der Waals surface area contributed by atoms with Gasteiger partial charge in [-0.3, -0.25) is 19.1 Å². The molecule has 4 aromatic rings. The zero-order valence-electron chi connectivity index (χ0n) is 17.0. The molecule has 1 N–H and O–H groups in total. The molecule has 0 aliphatic rings. The van der Waals surface area contributed by atoms with Crippen molar-refractivity contribution < 1.29 is 9.53 Å². The van der Waals surface area contributed by atoms with Crippen LogP contribution in [0, 0.1) is 0 Å². The van der Waals surface area contributed by atoms with Crippen LogP contribution in [0.3, 0.4) is 0 Å². The van der Waals surface area contributed by atoms with Crippen LogP contribution in [0.25, 0.3) is 22.5 Å². The molecule has 0 bridgehead atoms. The third kappa shape index (κ3) is 3.93. The van der Waals surface area contributed by atoms with E-state index in [0.29, 0.717) is 17.9 Å². The predicted octanol–water partition coefficient (Wildman–Crippen LogP) is 2.82. The highest BCUT2D eigenvalue weighted by molar-refractivity contribution is 5.93. The topological polar surface area (TPSA) is 86.9 Å². The molecule has 0 unspecified atom stereocenters. The van der Waals surface area contributed by atoms with Crippen molar-refractivity contribution in [3.63, 3.8) is 0 Å². The van der Waals surface area contributed by atoms with Gasteiger partial charge in [-0.15, -0.1) is 0 Å². The number of hydrogen-bond donors (Lipinski definition) is 1. The van der Waals surface area contributed by atoms with Crippen LogP contribution in [0.4, 0.5) is 0 Å². The Bertz CT molecular complexity index is 1190. The molecule has 0 spiro atoms. The van der Waals surface area contributed by atoms with Gasteiger partial charge >= 0.3 is 0 Å². The van der Waals surface area contributed by atoms with Gasteiger partial charge in [0.05, 0.1) is 18.5 Å². The average Bonchev–Trinajstić information content (AvgIpc) is 3.38. The smallest absolute Gasteiger partial charge is 0.269 e. The Hall–Kier alpha value is -3.94. The van der Waals surface area contributed by atoms with Gasteiger partial charge < -0.3 is 10.1 Å². The fourth-order valence-corrected chi connectivity index (χ4v) is 3.26. The molecule has 30 heavy (non-hydrogen) atoms. The van der Waals surface area contributed by atoms with Crippen molar-refractivity contribution in [2.75, 3.05) is 7.11 Å². The summed E-state index contributed by atoms with van der Waals surface area (Å²) in [5.41, 5.74) is 4.88. The van der Waals surface area contributed by atoms with Crippen LogP contribution in [0.1, 0.15) is 16.1 Å². The maximum absolute atomic E-state index is 12.7. The third-order valence-corrected chi connectivity index (χ3v) is 4.84. The normalized spacial score (nSPS) is 10.8. The van der Waals surface area contributed by atoms with E-state index in [0.717, 1.165) is 28.1 Å². The van der Waals surface area contributed by atoms with Gasteiger partial charge in [0.2, 0.25) is 0 Å². The number of ether oxygens (including phenoxy) is 1. The quantitative estimate of drug-likeness (QED) is 0.536. The maximum Gasteiger partial charge on any atom is 0.269 e. The number of nitrogens with zero attached hydrogens (tertiary/aromatic N) is 5. The number of carbonyl (C=O) groups is 1. The molecule has 0 atom stereocenters. The molecule has 0 radical (unpaired) electrons. The zero-order chi connectivity index (χ0) is 21.1. The minimum absolute atomic E-state index is 0.204. The lowest BCUT2D eigenvalue weighted by Gasteiger charge is -2.07. The summed E-state index contributed by atoms with van der Waals surface area (Å²) in [7, 11) is 5.25. The maximum atomic E-state index is 12.7. The van der Waals surface area contributed by atoms with Gasteiger partial charge in [-0.25, -0.2) is 0 Å². The summed E-state index contributed by atoms with van der Waals surface area (Å²) in [6, 6.07) is 13.3. The van der Waals surface area contributed by atoms with Crippen molar-refractivity contribution in [1.29, 1.82) is 0 Å². The first-order chi connectivity index (χ1) is 14.5. The monoisotopic (exact) mass is 402 g/mol. The molecule has 8 nitrogen and oxygen atoms in total. The van der Waals surface area contributed by atoms with Crippen molar-refractivity contribution in [2.45, 2.75) is 6.54 Å². The summed E-state index contributed by atoms with van der Waals surface area (Å²) in [4.78, 5) is 17.0.